The van der Waals surface area contributed by atoms with Crippen molar-refractivity contribution in [2.45, 2.75) is 58.2 Å². The lowest BCUT2D eigenvalue weighted by Crippen LogP contribution is -2.19. The van der Waals surface area contributed by atoms with Crippen LogP contribution in [0.25, 0.3) is 0 Å². The number of aliphatic hydroxyl groups excluding tert-OH is 1. The van der Waals surface area contributed by atoms with Crippen LogP contribution in [0.2, 0.25) is 0 Å². The maximum atomic E-state index is 8.69. The average molecular weight is 399 g/mol. The van der Waals surface area contributed by atoms with Gasteiger partial charge in [0, 0.05) is 0 Å². The first-order valence-electron chi connectivity index (χ1n) is 10.4. The fourth-order valence-corrected chi connectivity index (χ4v) is 2.73. The van der Waals surface area contributed by atoms with Crippen molar-refractivity contribution >= 4 is 0 Å². The molecule has 3 rings (SSSR count). The summed E-state index contributed by atoms with van der Waals surface area (Å²) < 4.78 is 16.8. The van der Waals surface area contributed by atoms with Crippen LogP contribution in [0.5, 0.6) is 0 Å². The Labute approximate surface area is 175 Å². The predicted molar refractivity (Wildman–Crippen MR) is 117 cm³/mol. The molecule has 0 heterocycles. The number of benzene rings is 2. The highest BCUT2D eigenvalue weighted by atomic mass is 16.5. The van der Waals surface area contributed by atoms with Gasteiger partial charge in [0.25, 0.3) is 0 Å². The Balaban J connectivity index is 0.000000221. The zero-order valence-electron chi connectivity index (χ0n) is 17.6. The summed E-state index contributed by atoms with van der Waals surface area (Å²) in [5, 5.41) is 8.69. The number of ether oxygens (including phenoxy) is 3. The van der Waals surface area contributed by atoms with E-state index in [0.29, 0.717) is 25.9 Å². The lowest BCUT2D eigenvalue weighted by atomic mass is 10.2. The molecule has 1 aliphatic rings. The second-order valence-electron chi connectivity index (χ2n) is 7.27. The van der Waals surface area contributed by atoms with Crippen molar-refractivity contribution in [3.63, 3.8) is 0 Å². The van der Waals surface area contributed by atoms with Gasteiger partial charge in [-0.2, -0.15) is 0 Å². The maximum absolute atomic E-state index is 8.69. The molecule has 0 bridgehead atoms. The first kappa shape index (κ1) is 23.3. The van der Waals surface area contributed by atoms with Crippen LogP contribution >= 0.6 is 0 Å². The summed E-state index contributed by atoms with van der Waals surface area (Å²) in [6, 6.07) is 20.2. The van der Waals surface area contributed by atoms with Crippen LogP contribution < -0.4 is 0 Å². The molecule has 0 amide bonds. The maximum Gasteiger partial charge on any atom is 0.0785 e. The molecule has 3 atom stereocenters. The largest absolute Gasteiger partial charge is 0.394 e. The van der Waals surface area contributed by atoms with E-state index in [1.165, 1.54) is 5.56 Å². The summed E-state index contributed by atoms with van der Waals surface area (Å²) in [6.07, 6.45) is 6.95. The van der Waals surface area contributed by atoms with Crippen molar-refractivity contribution in [2.75, 3.05) is 13.2 Å². The van der Waals surface area contributed by atoms with Gasteiger partial charge >= 0.3 is 0 Å². The summed E-state index contributed by atoms with van der Waals surface area (Å²) in [5.74, 6) is 0. The van der Waals surface area contributed by atoms with Gasteiger partial charge in [-0.05, 0) is 37.8 Å². The fraction of sp³-hybridized carbons (Fsp3) is 0.440. The van der Waals surface area contributed by atoms with Crippen molar-refractivity contribution in [1.82, 2.24) is 0 Å². The minimum atomic E-state index is -0.0785. The van der Waals surface area contributed by atoms with E-state index in [-0.39, 0.29) is 18.8 Å². The number of rotatable bonds is 10. The second kappa shape index (κ2) is 14.1. The standard InChI is InChI=1S/C15H20O2.C10H14O2/c1-13(11-17-15-9-5-6-10-15)16-12-14-7-3-2-4-8-14;1-9(7-11)12-8-10-5-3-2-4-6-10/h2-5,7-9,13,15H,6,10-12H2,1H3;2-6,9,11H,7-8H2,1H3/t13-,15?;9-/m00/s1. The SMILES string of the molecule is C[C@@H](CO)OCc1ccccc1.C[C@@H](COC1C=CCC1)OCc1ccccc1. The Hall–Kier alpha value is -1.98. The molecular weight excluding hydrogens is 364 g/mol. The van der Waals surface area contributed by atoms with Gasteiger partial charge in [-0.15, -0.1) is 0 Å². The minimum absolute atomic E-state index is 0.0762. The molecule has 4 heteroatoms. The van der Waals surface area contributed by atoms with E-state index in [2.05, 4.69) is 31.2 Å². The Morgan fingerprint density at radius 3 is 1.90 bits per heavy atom. The van der Waals surface area contributed by atoms with E-state index in [0.717, 1.165) is 18.4 Å². The van der Waals surface area contributed by atoms with Crippen molar-refractivity contribution in [3.8, 4) is 0 Å². The van der Waals surface area contributed by atoms with Crippen LogP contribution in [0.3, 0.4) is 0 Å². The lowest BCUT2D eigenvalue weighted by molar-refractivity contribution is -0.0303. The molecule has 1 aliphatic carbocycles. The van der Waals surface area contributed by atoms with Crippen LogP contribution in [0.1, 0.15) is 37.8 Å². The Morgan fingerprint density at radius 1 is 0.862 bits per heavy atom. The molecule has 0 saturated carbocycles. The number of aliphatic hydroxyl groups is 1. The first-order chi connectivity index (χ1) is 14.2. The van der Waals surface area contributed by atoms with Crippen LogP contribution in [-0.4, -0.2) is 36.6 Å². The van der Waals surface area contributed by atoms with Crippen LogP contribution in [-0.2, 0) is 27.4 Å². The van der Waals surface area contributed by atoms with Gasteiger partial charge < -0.3 is 19.3 Å². The van der Waals surface area contributed by atoms with Gasteiger partial charge in [-0.1, -0.05) is 72.8 Å². The Morgan fingerprint density at radius 2 is 1.41 bits per heavy atom. The molecule has 2 aromatic rings. The zero-order chi connectivity index (χ0) is 20.7. The van der Waals surface area contributed by atoms with Gasteiger partial charge in [0.05, 0.1) is 44.7 Å². The van der Waals surface area contributed by atoms with Gasteiger partial charge in [-0.25, -0.2) is 0 Å². The highest BCUT2D eigenvalue weighted by molar-refractivity contribution is 5.14. The highest BCUT2D eigenvalue weighted by Crippen LogP contribution is 2.13. The van der Waals surface area contributed by atoms with Crippen molar-refractivity contribution in [2.24, 2.45) is 0 Å². The van der Waals surface area contributed by atoms with Gasteiger partial charge in [-0.3, -0.25) is 0 Å². The minimum Gasteiger partial charge on any atom is -0.394 e. The third-order valence-corrected chi connectivity index (χ3v) is 4.53. The van der Waals surface area contributed by atoms with Crippen molar-refractivity contribution < 1.29 is 19.3 Å². The highest BCUT2D eigenvalue weighted by Gasteiger charge is 2.11. The molecule has 1 unspecified atom stereocenters. The molecule has 0 fully saturated rings. The van der Waals surface area contributed by atoms with E-state index in [9.17, 15) is 0 Å². The predicted octanol–water partition coefficient (Wildman–Crippen LogP) is 4.91. The molecule has 158 valence electrons. The van der Waals surface area contributed by atoms with Gasteiger partial charge in [0.1, 0.15) is 0 Å². The molecule has 0 radical (unpaired) electrons. The Bertz CT molecular complexity index is 672. The van der Waals surface area contributed by atoms with E-state index in [1.54, 1.807) is 0 Å². The molecule has 2 aromatic carbocycles. The third-order valence-electron chi connectivity index (χ3n) is 4.53. The number of allylic oxidation sites excluding steroid dienone is 1. The topological polar surface area (TPSA) is 47.9 Å². The molecular formula is C25H34O4. The normalized spacial score (nSPS) is 17.4. The molecule has 0 saturated heterocycles. The lowest BCUT2D eigenvalue weighted by Gasteiger charge is -2.16. The van der Waals surface area contributed by atoms with E-state index >= 15 is 0 Å². The molecule has 0 spiro atoms. The number of hydrogen-bond acceptors (Lipinski definition) is 4. The van der Waals surface area contributed by atoms with Crippen molar-refractivity contribution in [1.29, 1.82) is 0 Å². The van der Waals surface area contributed by atoms with Gasteiger partial charge in [0.15, 0.2) is 0 Å². The van der Waals surface area contributed by atoms with Gasteiger partial charge in [0.2, 0.25) is 0 Å². The van der Waals surface area contributed by atoms with E-state index in [4.69, 9.17) is 19.3 Å². The summed E-state index contributed by atoms with van der Waals surface area (Å²) in [6.45, 7) is 5.88. The summed E-state index contributed by atoms with van der Waals surface area (Å²) in [5.41, 5.74) is 2.35. The molecule has 0 aromatic heterocycles. The van der Waals surface area contributed by atoms with Crippen molar-refractivity contribution in [3.05, 3.63) is 83.9 Å². The van der Waals surface area contributed by atoms with E-state index < -0.39 is 0 Å². The molecule has 0 aliphatic heterocycles. The quantitative estimate of drug-likeness (QED) is 0.578. The molecule has 29 heavy (non-hydrogen) atoms. The third kappa shape index (κ3) is 10.4. The fourth-order valence-electron chi connectivity index (χ4n) is 2.73. The Kier molecular flexibility index (Phi) is 11.3. The zero-order valence-corrected chi connectivity index (χ0v) is 17.6. The van der Waals surface area contributed by atoms with Crippen LogP contribution in [0, 0.1) is 0 Å². The monoisotopic (exact) mass is 398 g/mol. The average Bonchev–Trinajstić information content (AvgIpc) is 3.30. The van der Waals surface area contributed by atoms with Crippen LogP contribution in [0.15, 0.2) is 72.8 Å². The van der Waals surface area contributed by atoms with Crippen LogP contribution in [0.4, 0.5) is 0 Å². The smallest absolute Gasteiger partial charge is 0.0785 e. The molecule has 1 N–H and O–H groups in total. The number of hydrogen-bond donors (Lipinski definition) is 1. The summed E-state index contributed by atoms with van der Waals surface area (Å²) >= 11 is 0. The molecule has 4 nitrogen and oxygen atoms in total. The summed E-state index contributed by atoms with van der Waals surface area (Å²) in [7, 11) is 0. The summed E-state index contributed by atoms with van der Waals surface area (Å²) in [4.78, 5) is 0. The first-order valence-corrected chi connectivity index (χ1v) is 10.4. The van der Waals surface area contributed by atoms with E-state index in [1.807, 2.05) is 55.5 Å². The second-order valence-corrected chi connectivity index (χ2v) is 7.27.